The third-order valence-corrected chi connectivity index (χ3v) is 3.42. The molecule has 0 unspecified atom stereocenters. The molecule has 0 saturated heterocycles. The van der Waals surface area contributed by atoms with Gasteiger partial charge in [-0.25, -0.2) is 4.79 Å². The number of carbonyl (C=O) groups is 1. The Hall–Kier alpha value is -1.31. The normalized spacial score (nSPS) is 10.6. The predicted octanol–water partition coefficient (Wildman–Crippen LogP) is 4.38. The number of benzene rings is 1. The molecule has 1 aromatic carbocycles. The van der Waals surface area contributed by atoms with E-state index in [0.717, 1.165) is 44.1 Å². The molecule has 0 radical (unpaired) electrons. The minimum absolute atomic E-state index is 0.481. The Morgan fingerprint density at radius 2 is 1.72 bits per heavy atom. The molecule has 0 heterocycles. The van der Waals surface area contributed by atoms with E-state index in [1.807, 2.05) is 13.0 Å². The van der Waals surface area contributed by atoms with E-state index in [-0.39, 0.29) is 0 Å². The summed E-state index contributed by atoms with van der Waals surface area (Å²) < 4.78 is 0. The van der Waals surface area contributed by atoms with Crippen molar-refractivity contribution in [2.75, 3.05) is 0 Å². The van der Waals surface area contributed by atoms with Crippen molar-refractivity contribution in [3.63, 3.8) is 0 Å². The molecule has 100 valence electrons. The molecule has 2 nitrogen and oxygen atoms in total. The van der Waals surface area contributed by atoms with Gasteiger partial charge in [-0.05, 0) is 55.4 Å². The Labute approximate surface area is 110 Å². The lowest BCUT2D eigenvalue weighted by atomic mass is 9.93. The summed E-state index contributed by atoms with van der Waals surface area (Å²) >= 11 is 0. The van der Waals surface area contributed by atoms with Crippen LogP contribution in [0.4, 0.5) is 0 Å². The number of aryl methyl sites for hydroxylation is 2. The van der Waals surface area contributed by atoms with Crippen LogP contribution in [0.3, 0.4) is 0 Å². The highest BCUT2D eigenvalue weighted by Gasteiger charge is 2.12. The zero-order valence-corrected chi connectivity index (χ0v) is 11.8. The van der Waals surface area contributed by atoms with Gasteiger partial charge in [-0.1, -0.05) is 32.8 Å². The Morgan fingerprint density at radius 3 is 2.28 bits per heavy atom. The average molecular weight is 248 g/mol. The second-order valence-corrected chi connectivity index (χ2v) is 4.94. The molecule has 0 aromatic heterocycles. The van der Waals surface area contributed by atoms with Gasteiger partial charge in [-0.2, -0.15) is 0 Å². The molecule has 0 atom stereocenters. The van der Waals surface area contributed by atoms with Crippen molar-refractivity contribution in [1.82, 2.24) is 0 Å². The van der Waals surface area contributed by atoms with E-state index < -0.39 is 5.97 Å². The molecule has 0 aliphatic rings. The average Bonchev–Trinajstić information content (AvgIpc) is 2.35. The number of rotatable bonds is 7. The van der Waals surface area contributed by atoms with Crippen LogP contribution in [0.15, 0.2) is 12.1 Å². The topological polar surface area (TPSA) is 37.3 Å². The summed E-state index contributed by atoms with van der Waals surface area (Å²) in [4.78, 5) is 11.3. The highest BCUT2D eigenvalue weighted by Crippen LogP contribution is 2.20. The van der Waals surface area contributed by atoms with Gasteiger partial charge in [0.15, 0.2) is 0 Å². The van der Waals surface area contributed by atoms with Crippen LogP contribution >= 0.6 is 0 Å². The fraction of sp³-hybridized carbons (Fsp3) is 0.562. The maximum absolute atomic E-state index is 11.3. The highest BCUT2D eigenvalue weighted by atomic mass is 16.4. The molecular formula is C16H24O2. The van der Waals surface area contributed by atoms with Crippen LogP contribution in [0.5, 0.6) is 0 Å². The van der Waals surface area contributed by atoms with E-state index >= 15 is 0 Å². The van der Waals surface area contributed by atoms with E-state index in [4.69, 9.17) is 0 Å². The summed E-state index contributed by atoms with van der Waals surface area (Å²) in [7, 11) is 0. The fourth-order valence-corrected chi connectivity index (χ4v) is 2.21. The van der Waals surface area contributed by atoms with Crippen molar-refractivity contribution in [3.05, 3.63) is 34.4 Å². The first-order valence-electron chi connectivity index (χ1n) is 6.95. The molecule has 2 heteroatoms. The molecule has 0 fully saturated rings. The van der Waals surface area contributed by atoms with Crippen molar-refractivity contribution in [2.45, 2.75) is 59.3 Å². The lowest BCUT2D eigenvalue weighted by Crippen LogP contribution is -2.05. The largest absolute Gasteiger partial charge is 0.478 e. The second-order valence-electron chi connectivity index (χ2n) is 4.94. The molecule has 1 aromatic rings. The van der Waals surface area contributed by atoms with Crippen LogP contribution in [0.2, 0.25) is 0 Å². The summed E-state index contributed by atoms with van der Waals surface area (Å²) in [6.07, 6.45) is 6.49. The Kier molecular flexibility index (Phi) is 5.90. The molecule has 1 rings (SSSR count). The fourth-order valence-electron chi connectivity index (χ4n) is 2.21. The van der Waals surface area contributed by atoms with Crippen molar-refractivity contribution in [2.24, 2.45) is 0 Å². The van der Waals surface area contributed by atoms with Gasteiger partial charge in [-0.3, -0.25) is 0 Å². The third-order valence-electron chi connectivity index (χ3n) is 3.42. The number of hydrogen-bond donors (Lipinski definition) is 1. The van der Waals surface area contributed by atoms with E-state index in [2.05, 4.69) is 19.9 Å². The van der Waals surface area contributed by atoms with Crippen LogP contribution in [0.1, 0.15) is 66.6 Å². The SMILES string of the molecule is CCCCc1cc(CCCC)c(C)c(C(=O)O)c1. The maximum Gasteiger partial charge on any atom is 0.335 e. The summed E-state index contributed by atoms with van der Waals surface area (Å²) in [6.45, 7) is 6.25. The van der Waals surface area contributed by atoms with Crippen LogP contribution < -0.4 is 0 Å². The zero-order valence-electron chi connectivity index (χ0n) is 11.8. The number of unbranched alkanes of at least 4 members (excludes halogenated alkanes) is 2. The van der Waals surface area contributed by atoms with Gasteiger partial charge in [0, 0.05) is 0 Å². The smallest absolute Gasteiger partial charge is 0.335 e. The standard InChI is InChI=1S/C16H24O2/c1-4-6-8-13-10-14(9-7-5-2)12(3)15(11-13)16(17)18/h10-11H,4-9H2,1-3H3,(H,17,18). The van der Waals surface area contributed by atoms with E-state index in [0.29, 0.717) is 5.56 Å². The molecule has 1 N–H and O–H groups in total. The monoisotopic (exact) mass is 248 g/mol. The minimum atomic E-state index is -0.802. The van der Waals surface area contributed by atoms with E-state index in [9.17, 15) is 9.90 Å². The highest BCUT2D eigenvalue weighted by molar-refractivity contribution is 5.90. The van der Waals surface area contributed by atoms with Gasteiger partial charge in [0.2, 0.25) is 0 Å². The molecular weight excluding hydrogens is 224 g/mol. The minimum Gasteiger partial charge on any atom is -0.478 e. The Morgan fingerprint density at radius 1 is 1.11 bits per heavy atom. The molecule has 0 aliphatic heterocycles. The van der Waals surface area contributed by atoms with E-state index in [1.165, 1.54) is 11.1 Å². The van der Waals surface area contributed by atoms with Crippen molar-refractivity contribution in [1.29, 1.82) is 0 Å². The first-order valence-corrected chi connectivity index (χ1v) is 6.95. The molecule has 0 bridgehead atoms. The Balaban J connectivity index is 3.06. The van der Waals surface area contributed by atoms with Crippen molar-refractivity contribution >= 4 is 5.97 Å². The van der Waals surface area contributed by atoms with Gasteiger partial charge in [0.25, 0.3) is 0 Å². The third kappa shape index (κ3) is 3.86. The molecule has 18 heavy (non-hydrogen) atoms. The van der Waals surface area contributed by atoms with E-state index in [1.54, 1.807) is 0 Å². The van der Waals surface area contributed by atoms with Gasteiger partial charge >= 0.3 is 5.97 Å². The summed E-state index contributed by atoms with van der Waals surface area (Å²) in [6, 6.07) is 4.05. The second kappa shape index (κ2) is 7.20. The van der Waals surface area contributed by atoms with Crippen LogP contribution in [0, 0.1) is 6.92 Å². The molecule has 0 amide bonds. The van der Waals surface area contributed by atoms with Gasteiger partial charge in [0.1, 0.15) is 0 Å². The first kappa shape index (κ1) is 14.7. The van der Waals surface area contributed by atoms with Gasteiger partial charge in [-0.15, -0.1) is 0 Å². The summed E-state index contributed by atoms with van der Waals surface area (Å²) in [5, 5.41) is 9.27. The number of carboxylic acids is 1. The summed E-state index contributed by atoms with van der Waals surface area (Å²) in [5.74, 6) is -0.802. The van der Waals surface area contributed by atoms with Crippen LogP contribution in [-0.2, 0) is 12.8 Å². The lowest BCUT2D eigenvalue weighted by Gasteiger charge is -2.12. The number of hydrogen-bond acceptors (Lipinski definition) is 1. The quantitative estimate of drug-likeness (QED) is 0.777. The first-order chi connectivity index (χ1) is 8.60. The summed E-state index contributed by atoms with van der Waals surface area (Å²) in [5.41, 5.74) is 3.81. The zero-order chi connectivity index (χ0) is 13.5. The van der Waals surface area contributed by atoms with Crippen LogP contribution in [-0.4, -0.2) is 11.1 Å². The molecule has 0 saturated carbocycles. The van der Waals surface area contributed by atoms with Crippen LogP contribution in [0.25, 0.3) is 0 Å². The lowest BCUT2D eigenvalue weighted by molar-refractivity contribution is 0.0696. The predicted molar refractivity (Wildman–Crippen MR) is 75.4 cm³/mol. The maximum atomic E-state index is 11.3. The molecule has 0 spiro atoms. The van der Waals surface area contributed by atoms with Gasteiger partial charge in [0.05, 0.1) is 5.56 Å². The van der Waals surface area contributed by atoms with Crippen molar-refractivity contribution < 1.29 is 9.90 Å². The number of aromatic carboxylic acids is 1. The van der Waals surface area contributed by atoms with Crippen molar-refractivity contribution in [3.8, 4) is 0 Å². The Bertz CT molecular complexity index is 408. The van der Waals surface area contributed by atoms with Gasteiger partial charge < -0.3 is 5.11 Å². The molecule has 0 aliphatic carbocycles. The number of carboxylic acid groups (broad SMARTS) is 1.